The Hall–Kier alpha value is -3.63. The van der Waals surface area contributed by atoms with Gasteiger partial charge in [-0.25, -0.2) is 18.4 Å². The summed E-state index contributed by atoms with van der Waals surface area (Å²) >= 11 is 0. The largest absolute Gasteiger partial charge is 0.451 e. The molecule has 0 aromatic heterocycles. The van der Waals surface area contributed by atoms with E-state index in [4.69, 9.17) is 14.2 Å². The normalized spacial score (nSPS) is 15.7. The molecule has 0 saturated carbocycles. The average molecular weight is 457 g/mol. The number of alkyl halides is 3. The van der Waals surface area contributed by atoms with Gasteiger partial charge >= 0.3 is 18.1 Å². The highest BCUT2D eigenvalue weighted by molar-refractivity contribution is 6.15. The zero-order valence-electron chi connectivity index (χ0n) is 16.9. The van der Waals surface area contributed by atoms with E-state index < -0.39 is 52.4 Å². The van der Waals surface area contributed by atoms with Crippen molar-refractivity contribution in [1.29, 1.82) is 0 Å². The minimum Gasteiger partial charge on any atom is -0.451 e. The second kappa shape index (κ2) is 8.13. The topological polar surface area (TPSA) is 73.9 Å². The van der Waals surface area contributed by atoms with Gasteiger partial charge in [0.2, 0.25) is 0 Å². The molecule has 1 heterocycles. The SMILES string of the molecule is Cc1c(NC=C2C(=O)OC(C)(C)OC2=O)cccc1Oc1c(F)cc(C(F)(F)F)cc1F. The predicted octanol–water partition coefficient (Wildman–Crippen LogP) is 5.22. The van der Waals surface area contributed by atoms with Crippen LogP contribution in [0.15, 0.2) is 42.1 Å². The molecule has 32 heavy (non-hydrogen) atoms. The maximum absolute atomic E-state index is 14.1. The third-order valence-corrected chi connectivity index (χ3v) is 4.31. The Labute approximate surface area is 178 Å². The summed E-state index contributed by atoms with van der Waals surface area (Å²) in [4.78, 5) is 24.0. The predicted molar refractivity (Wildman–Crippen MR) is 101 cm³/mol. The molecule has 0 bridgehead atoms. The first-order chi connectivity index (χ1) is 14.8. The summed E-state index contributed by atoms with van der Waals surface area (Å²) in [7, 11) is 0. The van der Waals surface area contributed by atoms with Crippen LogP contribution in [0.25, 0.3) is 0 Å². The van der Waals surface area contributed by atoms with E-state index in [2.05, 4.69) is 5.32 Å². The van der Waals surface area contributed by atoms with Crippen LogP contribution in [0.5, 0.6) is 11.5 Å². The smallest absolute Gasteiger partial charge is 0.416 e. The summed E-state index contributed by atoms with van der Waals surface area (Å²) < 4.78 is 81.4. The monoisotopic (exact) mass is 457 g/mol. The van der Waals surface area contributed by atoms with Gasteiger partial charge in [-0.1, -0.05) is 6.07 Å². The van der Waals surface area contributed by atoms with Crippen LogP contribution in [-0.2, 0) is 25.2 Å². The molecule has 0 atom stereocenters. The van der Waals surface area contributed by atoms with Crippen molar-refractivity contribution >= 4 is 17.6 Å². The Morgan fingerprint density at radius 2 is 1.59 bits per heavy atom. The average Bonchev–Trinajstić information content (AvgIpc) is 2.64. The van der Waals surface area contributed by atoms with Crippen molar-refractivity contribution < 1.29 is 45.8 Å². The van der Waals surface area contributed by atoms with Gasteiger partial charge in [0.15, 0.2) is 23.0 Å². The van der Waals surface area contributed by atoms with Crippen molar-refractivity contribution in [2.24, 2.45) is 0 Å². The lowest BCUT2D eigenvalue weighted by Crippen LogP contribution is -2.42. The van der Waals surface area contributed by atoms with E-state index in [9.17, 15) is 31.5 Å². The van der Waals surface area contributed by atoms with Crippen LogP contribution in [0.1, 0.15) is 25.0 Å². The molecular weight excluding hydrogens is 441 g/mol. The molecule has 1 saturated heterocycles. The second-order valence-corrected chi connectivity index (χ2v) is 7.18. The van der Waals surface area contributed by atoms with Crippen LogP contribution in [0.3, 0.4) is 0 Å². The van der Waals surface area contributed by atoms with Gasteiger partial charge in [0.05, 0.1) is 5.56 Å². The van der Waals surface area contributed by atoms with E-state index in [1.54, 1.807) is 0 Å². The molecule has 170 valence electrons. The lowest BCUT2D eigenvalue weighted by atomic mass is 10.1. The van der Waals surface area contributed by atoms with Gasteiger partial charge in [-0.15, -0.1) is 0 Å². The number of nitrogens with one attached hydrogen (secondary N) is 1. The van der Waals surface area contributed by atoms with Gasteiger partial charge in [0.1, 0.15) is 5.75 Å². The van der Waals surface area contributed by atoms with Gasteiger partial charge in [0.25, 0.3) is 5.79 Å². The molecule has 6 nitrogen and oxygen atoms in total. The molecule has 3 rings (SSSR count). The standard InChI is InChI=1S/C21H16F5NO5/c1-10-15(27-9-12-18(28)31-20(2,3)32-19(12)29)5-4-6-16(10)30-17-13(22)7-11(8-14(17)23)21(24,25)26/h4-9,27H,1-3H3. The first kappa shape index (κ1) is 23.0. The van der Waals surface area contributed by atoms with E-state index in [-0.39, 0.29) is 29.1 Å². The summed E-state index contributed by atoms with van der Waals surface area (Å²) in [6.07, 6.45) is -3.89. The summed E-state index contributed by atoms with van der Waals surface area (Å²) in [5.41, 5.74) is -1.36. The molecule has 1 N–H and O–H groups in total. The molecule has 0 aliphatic carbocycles. The van der Waals surface area contributed by atoms with Gasteiger partial charge in [0, 0.05) is 31.3 Å². The van der Waals surface area contributed by atoms with Crippen molar-refractivity contribution in [3.05, 3.63) is 64.9 Å². The summed E-state index contributed by atoms with van der Waals surface area (Å²) in [6.45, 7) is 4.26. The van der Waals surface area contributed by atoms with E-state index in [0.29, 0.717) is 0 Å². The maximum atomic E-state index is 14.1. The number of benzene rings is 2. The quantitative estimate of drug-likeness (QED) is 0.294. The number of esters is 2. The minimum absolute atomic E-state index is 0.0825. The van der Waals surface area contributed by atoms with Crippen LogP contribution in [0.2, 0.25) is 0 Å². The van der Waals surface area contributed by atoms with E-state index >= 15 is 0 Å². The maximum Gasteiger partial charge on any atom is 0.416 e. The molecule has 2 aromatic carbocycles. The van der Waals surface area contributed by atoms with Gasteiger partial charge in [-0.3, -0.25) is 0 Å². The number of hydrogen-bond donors (Lipinski definition) is 1. The molecule has 11 heteroatoms. The van der Waals surface area contributed by atoms with E-state index in [1.165, 1.54) is 39.0 Å². The molecule has 0 spiro atoms. The highest BCUT2D eigenvalue weighted by atomic mass is 19.4. The van der Waals surface area contributed by atoms with E-state index in [1.807, 2.05) is 0 Å². The Kier molecular flexibility index (Phi) is 5.86. The van der Waals surface area contributed by atoms with Crippen LogP contribution in [0.4, 0.5) is 27.6 Å². The van der Waals surface area contributed by atoms with Crippen LogP contribution < -0.4 is 10.1 Å². The number of carbonyl (C=O) groups is 2. The third-order valence-electron chi connectivity index (χ3n) is 4.31. The fourth-order valence-corrected chi connectivity index (χ4v) is 2.74. The van der Waals surface area contributed by atoms with Crippen molar-refractivity contribution in [2.45, 2.75) is 32.7 Å². The summed E-state index contributed by atoms with van der Waals surface area (Å²) in [5.74, 6) is -7.42. The molecule has 2 aromatic rings. The lowest BCUT2D eigenvalue weighted by molar-refractivity contribution is -0.222. The Morgan fingerprint density at radius 1 is 1.03 bits per heavy atom. The summed E-state index contributed by atoms with van der Waals surface area (Å²) in [5, 5.41) is 2.68. The van der Waals surface area contributed by atoms with Crippen molar-refractivity contribution in [2.75, 3.05) is 5.32 Å². The van der Waals surface area contributed by atoms with Crippen LogP contribution in [0, 0.1) is 18.6 Å². The molecule has 0 unspecified atom stereocenters. The number of cyclic esters (lactones) is 2. The molecule has 1 fully saturated rings. The fourth-order valence-electron chi connectivity index (χ4n) is 2.74. The van der Waals surface area contributed by atoms with Gasteiger partial charge in [-0.2, -0.15) is 13.2 Å². The van der Waals surface area contributed by atoms with Crippen LogP contribution >= 0.6 is 0 Å². The first-order valence-electron chi connectivity index (χ1n) is 9.05. The number of hydrogen-bond acceptors (Lipinski definition) is 6. The molecule has 0 radical (unpaired) electrons. The fraction of sp³-hybridized carbons (Fsp3) is 0.238. The highest BCUT2D eigenvalue weighted by Crippen LogP contribution is 2.37. The zero-order chi connectivity index (χ0) is 23.8. The minimum atomic E-state index is -4.93. The Bertz CT molecular complexity index is 1080. The second-order valence-electron chi connectivity index (χ2n) is 7.18. The van der Waals surface area contributed by atoms with Gasteiger partial charge in [-0.05, 0) is 31.2 Å². The van der Waals surface area contributed by atoms with Crippen molar-refractivity contribution in [1.82, 2.24) is 0 Å². The van der Waals surface area contributed by atoms with E-state index in [0.717, 1.165) is 6.20 Å². The number of halogens is 5. The lowest BCUT2D eigenvalue weighted by Gasteiger charge is -2.29. The first-order valence-corrected chi connectivity index (χ1v) is 9.05. The van der Waals surface area contributed by atoms with Crippen molar-refractivity contribution in [3.63, 3.8) is 0 Å². The Morgan fingerprint density at radius 3 is 2.12 bits per heavy atom. The zero-order valence-corrected chi connectivity index (χ0v) is 16.9. The molecular formula is C21H16F5NO5. The third kappa shape index (κ3) is 4.82. The van der Waals surface area contributed by atoms with Gasteiger partial charge < -0.3 is 19.5 Å². The molecule has 1 aliphatic heterocycles. The van der Waals surface area contributed by atoms with Crippen LogP contribution in [-0.4, -0.2) is 17.7 Å². The highest BCUT2D eigenvalue weighted by Gasteiger charge is 2.39. The number of rotatable bonds is 4. The Balaban J connectivity index is 1.86. The van der Waals surface area contributed by atoms with Crippen molar-refractivity contribution in [3.8, 4) is 11.5 Å². The summed E-state index contributed by atoms with van der Waals surface area (Å²) in [6, 6.07) is 4.51. The number of anilines is 1. The molecule has 0 amide bonds. The number of ether oxygens (including phenoxy) is 3. The molecule has 1 aliphatic rings. The number of carbonyl (C=O) groups excluding carboxylic acids is 2.